The molecular weight excluding hydrogens is 424 g/mol. The lowest BCUT2D eigenvalue weighted by Gasteiger charge is -2.24. The fourth-order valence-corrected chi connectivity index (χ4v) is 3.15. The number of thiol groups is 2. The number of amides is 3. The van der Waals surface area contributed by atoms with Crippen LogP contribution < -0.4 is 21.3 Å². The van der Waals surface area contributed by atoms with Gasteiger partial charge in [0.15, 0.2) is 0 Å². The third-order valence-corrected chi connectivity index (χ3v) is 5.00. The SMILES string of the molecule is O=C(O)CCC(NC(=O)C(CS)NC(=O)C1CCCN1)C(=O)NC(CS)C(=O)O. The minimum Gasteiger partial charge on any atom is -0.481 e. The van der Waals surface area contributed by atoms with E-state index in [1.165, 1.54) is 0 Å². The van der Waals surface area contributed by atoms with Crippen molar-refractivity contribution in [1.82, 2.24) is 21.3 Å². The summed E-state index contributed by atoms with van der Waals surface area (Å²) in [6.45, 7) is 0.698. The van der Waals surface area contributed by atoms with Crippen molar-refractivity contribution in [1.29, 1.82) is 0 Å². The summed E-state index contributed by atoms with van der Waals surface area (Å²) >= 11 is 7.89. The van der Waals surface area contributed by atoms with Crippen LogP contribution in [-0.2, 0) is 24.0 Å². The Balaban J connectivity index is 2.78. The van der Waals surface area contributed by atoms with Gasteiger partial charge in [0, 0.05) is 17.9 Å². The van der Waals surface area contributed by atoms with Crippen molar-refractivity contribution in [2.45, 2.75) is 49.9 Å². The smallest absolute Gasteiger partial charge is 0.327 e. The van der Waals surface area contributed by atoms with Crippen molar-refractivity contribution in [3.05, 3.63) is 0 Å². The Morgan fingerprint density at radius 3 is 2.00 bits per heavy atom. The second-order valence-electron chi connectivity index (χ2n) is 6.47. The molecule has 0 bridgehead atoms. The number of carboxylic acids is 2. The van der Waals surface area contributed by atoms with Crippen LogP contribution in [0.1, 0.15) is 25.7 Å². The second kappa shape index (κ2) is 12.5. The van der Waals surface area contributed by atoms with Gasteiger partial charge in [-0.3, -0.25) is 19.2 Å². The third-order valence-electron chi connectivity index (χ3n) is 4.27. The molecule has 0 saturated carbocycles. The summed E-state index contributed by atoms with van der Waals surface area (Å²) < 4.78 is 0. The third kappa shape index (κ3) is 8.50. The molecule has 29 heavy (non-hydrogen) atoms. The number of carbonyl (C=O) groups excluding carboxylic acids is 3. The molecule has 1 fully saturated rings. The molecular formula is C16H26N4O7S2. The van der Waals surface area contributed by atoms with Crippen LogP contribution in [0.15, 0.2) is 0 Å². The Morgan fingerprint density at radius 1 is 0.931 bits per heavy atom. The normalized spacial score (nSPS) is 18.9. The molecule has 0 aromatic rings. The summed E-state index contributed by atoms with van der Waals surface area (Å²) in [5.74, 6) is -4.70. The number of hydrogen-bond donors (Lipinski definition) is 8. The van der Waals surface area contributed by atoms with Gasteiger partial charge in [0.2, 0.25) is 17.7 Å². The van der Waals surface area contributed by atoms with Crippen molar-refractivity contribution < 1.29 is 34.2 Å². The first-order valence-electron chi connectivity index (χ1n) is 9.00. The Labute approximate surface area is 178 Å². The Bertz CT molecular complexity index is 628. The zero-order valence-electron chi connectivity index (χ0n) is 15.6. The summed E-state index contributed by atoms with van der Waals surface area (Å²) in [7, 11) is 0. The molecule has 6 N–H and O–H groups in total. The van der Waals surface area contributed by atoms with E-state index in [2.05, 4.69) is 46.5 Å². The van der Waals surface area contributed by atoms with E-state index in [9.17, 15) is 24.0 Å². The molecule has 0 aromatic carbocycles. The quantitative estimate of drug-likeness (QED) is 0.158. The Morgan fingerprint density at radius 2 is 1.52 bits per heavy atom. The molecule has 164 valence electrons. The molecule has 0 aromatic heterocycles. The minimum atomic E-state index is -1.32. The van der Waals surface area contributed by atoms with Gasteiger partial charge in [0.1, 0.15) is 18.1 Å². The number of carboxylic acid groups (broad SMARTS) is 2. The van der Waals surface area contributed by atoms with E-state index in [1.807, 2.05) is 0 Å². The fraction of sp³-hybridized carbons (Fsp3) is 0.688. The van der Waals surface area contributed by atoms with E-state index in [1.54, 1.807) is 0 Å². The van der Waals surface area contributed by atoms with Crippen LogP contribution >= 0.6 is 25.3 Å². The van der Waals surface area contributed by atoms with Crippen LogP contribution in [0.2, 0.25) is 0 Å². The molecule has 13 heteroatoms. The maximum absolute atomic E-state index is 12.5. The van der Waals surface area contributed by atoms with Gasteiger partial charge in [-0.2, -0.15) is 25.3 Å². The summed E-state index contributed by atoms with van der Waals surface area (Å²) in [5.41, 5.74) is 0. The highest BCUT2D eigenvalue weighted by Gasteiger charge is 2.30. The maximum atomic E-state index is 12.5. The van der Waals surface area contributed by atoms with Crippen molar-refractivity contribution in [3.63, 3.8) is 0 Å². The maximum Gasteiger partial charge on any atom is 0.327 e. The Kier molecular flexibility index (Phi) is 10.8. The predicted molar refractivity (Wildman–Crippen MR) is 109 cm³/mol. The molecule has 4 unspecified atom stereocenters. The van der Waals surface area contributed by atoms with Crippen LogP contribution in [-0.4, -0.2) is 82.1 Å². The van der Waals surface area contributed by atoms with Crippen LogP contribution in [0.25, 0.3) is 0 Å². The molecule has 11 nitrogen and oxygen atoms in total. The average Bonchev–Trinajstić information content (AvgIpc) is 3.21. The van der Waals surface area contributed by atoms with Gasteiger partial charge in [-0.1, -0.05) is 0 Å². The Hall–Kier alpha value is -1.99. The first-order chi connectivity index (χ1) is 13.7. The second-order valence-corrected chi connectivity index (χ2v) is 7.20. The monoisotopic (exact) mass is 450 g/mol. The minimum absolute atomic E-state index is 0.0496. The summed E-state index contributed by atoms with van der Waals surface area (Å²) in [4.78, 5) is 59.0. The zero-order chi connectivity index (χ0) is 22.0. The van der Waals surface area contributed by atoms with Gasteiger partial charge in [-0.05, 0) is 25.8 Å². The van der Waals surface area contributed by atoms with Crippen molar-refractivity contribution >= 4 is 54.9 Å². The highest BCUT2D eigenvalue weighted by molar-refractivity contribution is 7.80. The van der Waals surface area contributed by atoms with E-state index in [-0.39, 0.29) is 23.8 Å². The molecule has 0 radical (unpaired) electrons. The molecule has 1 saturated heterocycles. The molecule has 0 spiro atoms. The number of aliphatic carboxylic acids is 2. The van der Waals surface area contributed by atoms with Gasteiger partial charge in [-0.25, -0.2) is 4.79 Å². The predicted octanol–water partition coefficient (Wildman–Crippen LogP) is -2.00. The molecule has 1 heterocycles. The summed E-state index contributed by atoms with van der Waals surface area (Å²) in [6, 6.07) is -4.07. The summed E-state index contributed by atoms with van der Waals surface area (Å²) in [6.07, 6.45) is 0.782. The molecule has 3 amide bonds. The molecule has 1 aliphatic rings. The highest BCUT2D eigenvalue weighted by Crippen LogP contribution is 2.06. The van der Waals surface area contributed by atoms with Crippen molar-refractivity contribution in [2.24, 2.45) is 0 Å². The van der Waals surface area contributed by atoms with Gasteiger partial charge in [-0.15, -0.1) is 0 Å². The van der Waals surface area contributed by atoms with Gasteiger partial charge < -0.3 is 31.5 Å². The first kappa shape index (κ1) is 25.0. The molecule has 1 rings (SSSR count). The average molecular weight is 451 g/mol. The molecule has 1 aliphatic heterocycles. The number of rotatable bonds is 12. The topological polar surface area (TPSA) is 174 Å². The van der Waals surface area contributed by atoms with Crippen LogP contribution in [0.3, 0.4) is 0 Å². The summed E-state index contributed by atoms with van der Waals surface area (Å²) in [5, 5.41) is 28.0. The van der Waals surface area contributed by atoms with E-state index in [4.69, 9.17) is 10.2 Å². The van der Waals surface area contributed by atoms with E-state index in [0.717, 1.165) is 6.42 Å². The van der Waals surface area contributed by atoms with E-state index >= 15 is 0 Å². The lowest BCUT2D eigenvalue weighted by Crippen LogP contribution is -2.57. The first-order valence-corrected chi connectivity index (χ1v) is 10.3. The van der Waals surface area contributed by atoms with Gasteiger partial charge in [0.25, 0.3) is 0 Å². The standard InChI is InChI=1S/C16H26N4O7S2/c21-12(22)4-3-9(14(24)20-11(7-29)16(26)27)18-15(25)10(6-28)19-13(23)8-2-1-5-17-8/h8-11,17,28-29H,1-7H2,(H,18,25)(H,19,23)(H,20,24)(H,21,22)(H,26,27). The van der Waals surface area contributed by atoms with Crippen LogP contribution in [0.4, 0.5) is 0 Å². The lowest BCUT2D eigenvalue weighted by atomic mass is 10.1. The fourth-order valence-electron chi connectivity index (χ4n) is 2.64. The van der Waals surface area contributed by atoms with Crippen LogP contribution in [0.5, 0.6) is 0 Å². The van der Waals surface area contributed by atoms with Crippen molar-refractivity contribution in [3.8, 4) is 0 Å². The van der Waals surface area contributed by atoms with E-state index in [0.29, 0.717) is 13.0 Å². The van der Waals surface area contributed by atoms with Crippen LogP contribution in [0, 0.1) is 0 Å². The number of carbonyl (C=O) groups is 5. The number of nitrogens with one attached hydrogen (secondary N) is 4. The highest BCUT2D eigenvalue weighted by atomic mass is 32.1. The van der Waals surface area contributed by atoms with Gasteiger partial charge >= 0.3 is 11.9 Å². The zero-order valence-corrected chi connectivity index (χ0v) is 17.4. The molecule has 0 aliphatic carbocycles. The van der Waals surface area contributed by atoms with Gasteiger partial charge in [0.05, 0.1) is 6.04 Å². The number of hydrogen-bond acceptors (Lipinski definition) is 8. The molecule has 4 atom stereocenters. The lowest BCUT2D eigenvalue weighted by molar-refractivity contribution is -0.142. The largest absolute Gasteiger partial charge is 0.481 e. The van der Waals surface area contributed by atoms with Crippen molar-refractivity contribution in [2.75, 3.05) is 18.1 Å². The van der Waals surface area contributed by atoms with E-state index < -0.39 is 54.3 Å².